The van der Waals surface area contributed by atoms with Crippen LogP contribution in [0.1, 0.15) is 46.5 Å². The molecule has 28 heavy (non-hydrogen) atoms. The molecule has 2 aliphatic heterocycles. The van der Waals surface area contributed by atoms with E-state index in [9.17, 15) is 4.79 Å². The van der Waals surface area contributed by atoms with Crippen LogP contribution in [0.15, 0.2) is 4.99 Å². The average Bonchev–Trinajstić information content (AvgIpc) is 2.76. The van der Waals surface area contributed by atoms with E-state index in [1.807, 2.05) is 0 Å². The van der Waals surface area contributed by atoms with E-state index in [4.69, 9.17) is 14.5 Å². The van der Waals surface area contributed by atoms with E-state index in [-0.39, 0.29) is 11.9 Å². The maximum absolute atomic E-state index is 11.8. The van der Waals surface area contributed by atoms with Gasteiger partial charge in [-0.25, -0.2) is 0 Å². The van der Waals surface area contributed by atoms with E-state index in [0.29, 0.717) is 12.0 Å². The van der Waals surface area contributed by atoms with E-state index in [2.05, 4.69) is 35.9 Å². The standard InChI is InChI=1S/C21H40N4O3/c1-5-17(6-2)19(24-12-14-28-15-13-24)16-23-21(22-7-3)25-10-8-18(9-11-25)20(26)27-4/h17-19H,5-16H2,1-4H3,(H,22,23). The highest BCUT2D eigenvalue weighted by atomic mass is 16.5. The molecule has 0 aromatic rings. The van der Waals surface area contributed by atoms with E-state index < -0.39 is 0 Å². The highest BCUT2D eigenvalue weighted by Gasteiger charge is 2.29. The molecule has 2 fully saturated rings. The maximum Gasteiger partial charge on any atom is 0.308 e. The third-order valence-corrected chi connectivity index (χ3v) is 6.20. The van der Waals surface area contributed by atoms with Gasteiger partial charge in [0.1, 0.15) is 0 Å². The van der Waals surface area contributed by atoms with E-state index >= 15 is 0 Å². The monoisotopic (exact) mass is 396 g/mol. The average molecular weight is 397 g/mol. The summed E-state index contributed by atoms with van der Waals surface area (Å²) in [4.78, 5) is 21.7. The Hall–Kier alpha value is -1.34. The van der Waals surface area contributed by atoms with Crippen molar-refractivity contribution in [1.29, 1.82) is 0 Å². The van der Waals surface area contributed by atoms with Crippen LogP contribution in [-0.2, 0) is 14.3 Å². The lowest BCUT2D eigenvalue weighted by atomic mass is 9.92. The van der Waals surface area contributed by atoms with Gasteiger partial charge in [-0.15, -0.1) is 0 Å². The number of morpholine rings is 1. The van der Waals surface area contributed by atoms with Crippen molar-refractivity contribution in [2.75, 3.05) is 59.6 Å². The molecule has 0 bridgehead atoms. The number of nitrogens with one attached hydrogen (secondary N) is 1. The summed E-state index contributed by atoms with van der Waals surface area (Å²) < 4.78 is 10.5. The zero-order chi connectivity index (χ0) is 20.4. The number of carbonyl (C=O) groups is 1. The second kappa shape index (κ2) is 12.3. The van der Waals surface area contributed by atoms with Gasteiger partial charge in [0.2, 0.25) is 0 Å². The molecule has 0 saturated carbocycles. The Labute approximate surface area is 170 Å². The first kappa shape index (κ1) is 22.9. The van der Waals surface area contributed by atoms with Crippen LogP contribution in [0.2, 0.25) is 0 Å². The van der Waals surface area contributed by atoms with Gasteiger partial charge >= 0.3 is 5.97 Å². The fourth-order valence-electron chi connectivity index (χ4n) is 4.40. The largest absolute Gasteiger partial charge is 0.469 e. The van der Waals surface area contributed by atoms with Gasteiger partial charge in [0, 0.05) is 38.8 Å². The van der Waals surface area contributed by atoms with Crippen molar-refractivity contribution < 1.29 is 14.3 Å². The highest BCUT2D eigenvalue weighted by molar-refractivity contribution is 5.80. The summed E-state index contributed by atoms with van der Waals surface area (Å²) in [6.45, 7) is 13.7. The highest BCUT2D eigenvalue weighted by Crippen LogP contribution is 2.22. The predicted molar refractivity (Wildman–Crippen MR) is 113 cm³/mol. The Kier molecular flexibility index (Phi) is 10.1. The number of carbonyl (C=O) groups excluding carboxylic acids is 1. The first-order valence-electron chi connectivity index (χ1n) is 11.1. The number of guanidine groups is 1. The Balaban J connectivity index is 2.04. The number of piperidine rings is 1. The van der Waals surface area contributed by atoms with Gasteiger partial charge in [0.15, 0.2) is 5.96 Å². The fourth-order valence-corrected chi connectivity index (χ4v) is 4.40. The third-order valence-electron chi connectivity index (χ3n) is 6.20. The Morgan fingerprint density at radius 1 is 1.14 bits per heavy atom. The molecule has 0 aliphatic carbocycles. The number of hydrogen-bond acceptors (Lipinski definition) is 5. The van der Waals surface area contributed by atoms with Crippen LogP contribution in [0.3, 0.4) is 0 Å². The zero-order valence-electron chi connectivity index (χ0n) is 18.3. The minimum absolute atomic E-state index is 0.0230. The van der Waals surface area contributed by atoms with Gasteiger partial charge in [0.25, 0.3) is 0 Å². The fraction of sp³-hybridized carbons (Fsp3) is 0.905. The quantitative estimate of drug-likeness (QED) is 0.384. The number of likely N-dealkylation sites (tertiary alicyclic amines) is 1. The number of methoxy groups -OCH3 is 1. The predicted octanol–water partition coefficient (Wildman–Crippen LogP) is 1.97. The normalized spacial score (nSPS) is 21.0. The lowest BCUT2D eigenvalue weighted by Crippen LogP contribution is -2.50. The molecule has 7 heteroatoms. The van der Waals surface area contributed by atoms with Crippen molar-refractivity contribution in [2.24, 2.45) is 16.8 Å². The number of hydrogen-bond donors (Lipinski definition) is 1. The van der Waals surface area contributed by atoms with E-state index in [1.54, 1.807) is 0 Å². The number of rotatable bonds is 8. The minimum Gasteiger partial charge on any atom is -0.469 e. The number of ether oxygens (including phenoxy) is 2. The number of esters is 1. The summed E-state index contributed by atoms with van der Waals surface area (Å²) in [5.41, 5.74) is 0. The molecule has 1 N–H and O–H groups in total. The van der Waals surface area contributed by atoms with Crippen LogP contribution < -0.4 is 5.32 Å². The molecule has 2 saturated heterocycles. The van der Waals surface area contributed by atoms with Crippen LogP contribution in [-0.4, -0.2) is 87.4 Å². The lowest BCUT2D eigenvalue weighted by Gasteiger charge is -2.38. The van der Waals surface area contributed by atoms with Gasteiger partial charge < -0.3 is 19.7 Å². The van der Waals surface area contributed by atoms with Crippen molar-refractivity contribution in [3.05, 3.63) is 0 Å². The number of aliphatic imine (C=N–C) groups is 1. The van der Waals surface area contributed by atoms with Gasteiger partial charge in [0.05, 0.1) is 32.8 Å². The van der Waals surface area contributed by atoms with Crippen molar-refractivity contribution in [3.8, 4) is 0 Å². The molecule has 2 aliphatic rings. The first-order chi connectivity index (χ1) is 13.6. The van der Waals surface area contributed by atoms with Crippen LogP contribution in [0.4, 0.5) is 0 Å². The summed E-state index contributed by atoms with van der Waals surface area (Å²) in [6.07, 6.45) is 4.01. The molecular formula is C21H40N4O3. The molecule has 1 atom stereocenters. The molecule has 0 aromatic carbocycles. The summed E-state index contributed by atoms with van der Waals surface area (Å²) in [5.74, 6) is 1.57. The molecule has 2 heterocycles. The molecular weight excluding hydrogens is 356 g/mol. The molecule has 0 aromatic heterocycles. The number of nitrogens with zero attached hydrogens (tertiary/aromatic N) is 3. The Morgan fingerprint density at radius 2 is 1.79 bits per heavy atom. The SMILES string of the molecule is CCNC(=NCC(C(CC)CC)N1CCOCC1)N1CCC(C(=O)OC)CC1. The summed E-state index contributed by atoms with van der Waals surface area (Å²) in [5, 5.41) is 3.46. The van der Waals surface area contributed by atoms with Gasteiger partial charge in [-0.3, -0.25) is 14.7 Å². The Morgan fingerprint density at radius 3 is 2.32 bits per heavy atom. The van der Waals surface area contributed by atoms with Crippen molar-refractivity contribution in [3.63, 3.8) is 0 Å². The van der Waals surface area contributed by atoms with Crippen LogP contribution in [0, 0.1) is 11.8 Å². The topological polar surface area (TPSA) is 66.4 Å². The van der Waals surface area contributed by atoms with E-state index in [0.717, 1.165) is 71.3 Å². The molecule has 162 valence electrons. The third kappa shape index (κ3) is 6.34. The Bertz CT molecular complexity index is 482. The molecule has 2 rings (SSSR count). The summed E-state index contributed by atoms with van der Waals surface area (Å²) in [6, 6.07) is 0.458. The van der Waals surface area contributed by atoms with Gasteiger partial charge in [-0.2, -0.15) is 0 Å². The van der Waals surface area contributed by atoms with Gasteiger partial charge in [-0.1, -0.05) is 26.7 Å². The van der Waals surface area contributed by atoms with Gasteiger partial charge in [-0.05, 0) is 25.7 Å². The van der Waals surface area contributed by atoms with Crippen molar-refractivity contribution >= 4 is 11.9 Å². The molecule has 0 spiro atoms. The van der Waals surface area contributed by atoms with E-state index in [1.165, 1.54) is 20.0 Å². The summed E-state index contributed by atoms with van der Waals surface area (Å²) >= 11 is 0. The maximum atomic E-state index is 11.8. The second-order valence-electron chi connectivity index (χ2n) is 7.77. The first-order valence-corrected chi connectivity index (χ1v) is 11.1. The smallest absolute Gasteiger partial charge is 0.308 e. The lowest BCUT2D eigenvalue weighted by molar-refractivity contribution is -0.146. The molecule has 0 amide bonds. The zero-order valence-corrected chi connectivity index (χ0v) is 18.3. The van der Waals surface area contributed by atoms with Crippen LogP contribution >= 0.6 is 0 Å². The van der Waals surface area contributed by atoms with Crippen LogP contribution in [0.5, 0.6) is 0 Å². The van der Waals surface area contributed by atoms with Crippen LogP contribution in [0.25, 0.3) is 0 Å². The van der Waals surface area contributed by atoms with Crippen molar-refractivity contribution in [1.82, 2.24) is 15.1 Å². The van der Waals surface area contributed by atoms with Crippen molar-refractivity contribution in [2.45, 2.75) is 52.5 Å². The summed E-state index contributed by atoms with van der Waals surface area (Å²) in [7, 11) is 1.48. The molecule has 0 radical (unpaired) electrons. The second-order valence-corrected chi connectivity index (χ2v) is 7.77. The molecule has 7 nitrogen and oxygen atoms in total. The molecule has 1 unspecified atom stereocenters. The minimum atomic E-state index is -0.0808.